The van der Waals surface area contributed by atoms with Crippen molar-refractivity contribution in [1.82, 2.24) is 0 Å². The van der Waals surface area contributed by atoms with E-state index in [-0.39, 0.29) is 6.08 Å². The second-order valence-electron chi connectivity index (χ2n) is 4.81. The average Bonchev–Trinajstić information content (AvgIpc) is 2.77. The lowest BCUT2D eigenvalue weighted by atomic mass is 9.82. The molecule has 1 aliphatic heterocycles. The standard InChI is InChI=1S/C12H15F3O4/c13-12(14,15)10(17)7-9(16)8-1-3-11(4-2-8)18-5-6-19-11/h7-8,17H,1-6H2. The summed E-state index contributed by atoms with van der Waals surface area (Å²) in [6.07, 6.45) is -2.81. The lowest BCUT2D eigenvalue weighted by Gasteiger charge is -2.34. The topological polar surface area (TPSA) is 55.8 Å². The summed E-state index contributed by atoms with van der Waals surface area (Å²) >= 11 is 0. The van der Waals surface area contributed by atoms with Crippen molar-refractivity contribution in [3.8, 4) is 0 Å². The van der Waals surface area contributed by atoms with E-state index in [1.165, 1.54) is 0 Å². The van der Waals surface area contributed by atoms with Crippen molar-refractivity contribution in [3.05, 3.63) is 11.8 Å². The number of carbonyl (C=O) groups excluding carboxylic acids is 1. The van der Waals surface area contributed by atoms with E-state index >= 15 is 0 Å². The third-order valence-electron chi connectivity index (χ3n) is 3.53. The smallest absolute Gasteiger partial charge is 0.448 e. The summed E-state index contributed by atoms with van der Waals surface area (Å²) in [5.74, 6) is -3.69. The molecule has 0 radical (unpaired) electrons. The van der Waals surface area contributed by atoms with Crippen LogP contribution in [-0.4, -0.2) is 36.1 Å². The summed E-state index contributed by atoms with van der Waals surface area (Å²) in [5.41, 5.74) is 0. The fraction of sp³-hybridized carbons (Fsp3) is 0.750. The maximum atomic E-state index is 12.1. The molecule has 0 aromatic carbocycles. The Morgan fingerprint density at radius 1 is 1.21 bits per heavy atom. The Hall–Kier alpha value is -1.08. The maximum absolute atomic E-state index is 12.1. The number of aliphatic hydroxyl groups is 1. The number of hydrogen-bond acceptors (Lipinski definition) is 4. The van der Waals surface area contributed by atoms with Crippen LogP contribution in [-0.2, 0) is 14.3 Å². The highest BCUT2D eigenvalue weighted by molar-refractivity contribution is 5.92. The van der Waals surface area contributed by atoms with Crippen molar-refractivity contribution in [2.75, 3.05) is 13.2 Å². The number of hydrogen-bond donors (Lipinski definition) is 1. The van der Waals surface area contributed by atoms with E-state index < -0.39 is 29.4 Å². The minimum absolute atomic E-state index is 0.277. The molecule has 19 heavy (non-hydrogen) atoms. The molecule has 1 saturated heterocycles. The third kappa shape index (κ3) is 3.27. The lowest BCUT2D eigenvalue weighted by molar-refractivity contribution is -0.182. The fourth-order valence-corrected chi connectivity index (χ4v) is 2.46. The zero-order valence-electron chi connectivity index (χ0n) is 10.2. The van der Waals surface area contributed by atoms with Gasteiger partial charge in [-0.25, -0.2) is 0 Å². The van der Waals surface area contributed by atoms with Crippen molar-refractivity contribution >= 4 is 5.78 Å². The second kappa shape index (κ2) is 5.13. The SMILES string of the molecule is O=C(C=C(O)C(F)(F)F)C1CCC2(CC1)OCCO2. The molecule has 4 nitrogen and oxygen atoms in total. The van der Waals surface area contributed by atoms with Gasteiger partial charge in [0.15, 0.2) is 11.6 Å². The van der Waals surface area contributed by atoms with Crippen LogP contribution < -0.4 is 0 Å². The Morgan fingerprint density at radius 3 is 2.21 bits per heavy atom. The van der Waals surface area contributed by atoms with E-state index in [0.717, 1.165) is 0 Å². The van der Waals surface area contributed by atoms with Crippen LogP contribution in [0, 0.1) is 5.92 Å². The van der Waals surface area contributed by atoms with Gasteiger partial charge in [-0.15, -0.1) is 0 Å². The minimum atomic E-state index is -4.87. The van der Waals surface area contributed by atoms with Crippen LogP contribution in [0.4, 0.5) is 13.2 Å². The number of rotatable bonds is 2. The molecule has 0 aromatic rings. The highest BCUT2D eigenvalue weighted by Gasteiger charge is 2.42. The molecule has 2 aliphatic rings. The van der Waals surface area contributed by atoms with E-state index in [4.69, 9.17) is 14.6 Å². The van der Waals surface area contributed by atoms with E-state index in [0.29, 0.717) is 38.9 Å². The van der Waals surface area contributed by atoms with Gasteiger partial charge in [-0.1, -0.05) is 0 Å². The summed E-state index contributed by atoms with van der Waals surface area (Å²) in [6.45, 7) is 1.01. The molecule has 2 rings (SSSR count). The zero-order chi connectivity index (χ0) is 14.1. The van der Waals surface area contributed by atoms with Crippen molar-refractivity contribution < 1.29 is 32.5 Å². The van der Waals surface area contributed by atoms with Gasteiger partial charge in [0.2, 0.25) is 5.76 Å². The largest absolute Gasteiger partial charge is 0.504 e. The van der Waals surface area contributed by atoms with Gasteiger partial charge < -0.3 is 14.6 Å². The molecule has 1 aliphatic carbocycles. The fourth-order valence-electron chi connectivity index (χ4n) is 2.46. The van der Waals surface area contributed by atoms with Crippen molar-refractivity contribution in [1.29, 1.82) is 0 Å². The minimum Gasteiger partial charge on any atom is -0.504 e. The van der Waals surface area contributed by atoms with Crippen LogP contribution >= 0.6 is 0 Å². The molecule has 108 valence electrons. The number of ketones is 1. The summed E-state index contributed by atoms with van der Waals surface area (Å²) < 4.78 is 47.3. The molecule has 0 atom stereocenters. The van der Waals surface area contributed by atoms with Crippen molar-refractivity contribution in [2.24, 2.45) is 5.92 Å². The molecule has 1 N–H and O–H groups in total. The molecule has 0 unspecified atom stereocenters. The van der Waals surface area contributed by atoms with Gasteiger partial charge in [0.05, 0.1) is 13.2 Å². The number of allylic oxidation sites excluding steroid dienone is 2. The average molecular weight is 280 g/mol. The van der Waals surface area contributed by atoms with Crippen LogP contribution in [0.5, 0.6) is 0 Å². The predicted octanol–water partition coefficient (Wildman–Crippen LogP) is 2.49. The normalized spacial score (nSPS) is 24.9. The Morgan fingerprint density at radius 2 is 1.74 bits per heavy atom. The second-order valence-corrected chi connectivity index (χ2v) is 4.81. The van der Waals surface area contributed by atoms with Gasteiger partial charge in [-0.2, -0.15) is 13.2 Å². The highest BCUT2D eigenvalue weighted by Crippen LogP contribution is 2.39. The predicted molar refractivity (Wildman–Crippen MR) is 58.4 cm³/mol. The number of ether oxygens (including phenoxy) is 2. The van der Waals surface area contributed by atoms with Crippen LogP contribution in [0.2, 0.25) is 0 Å². The molecule has 0 aromatic heterocycles. The van der Waals surface area contributed by atoms with Crippen LogP contribution in [0.1, 0.15) is 25.7 Å². The molecular formula is C12H15F3O4. The molecule has 0 bridgehead atoms. The van der Waals surface area contributed by atoms with E-state index in [1.807, 2.05) is 0 Å². The van der Waals surface area contributed by atoms with E-state index in [2.05, 4.69) is 0 Å². The van der Waals surface area contributed by atoms with E-state index in [1.54, 1.807) is 0 Å². The summed E-state index contributed by atoms with van der Waals surface area (Å²) in [7, 11) is 0. The monoisotopic (exact) mass is 280 g/mol. The first kappa shape index (κ1) is 14.3. The Kier molecular flexibility index (Phi) is 3.87. The quantitative estimate of drug-likeness (QED) is 0.623. The number of carbonyl (C=O) groups is 1. The van der Waals surface area contributed by atoms with Gasteiger partial charge in [0, 0.05) is 24.8 Å². The summed E-state index contributed by atoms with van der Waals surface area (Å²) in [4.78, 5) is 11.6. The maximum Gasteiger partial charge on any atom is 0.448 e. The van der Waals surface area contributed by atoms with Crippen LogP contribution in [0.25, 0.3) is 0 Å². The van der Waals surface area contributed by atoms with Gasteiger partial charge in [-0.05, 0) is 12.8 Å². The Balaban J connectivity index is 1.92. The number of halogens is 3. The van der Waals surface area contributed by atoms with Gasteiger partial charge >= 0.3 is 6.18 Å². The first-order valence-electron chi connectivity index (χ1n) is 6.12. The molecule has 7 heteroatoms. The first-order chi connectivity index (χ1) is 8.82. The molecular weight excluding hydrogens is 265 g/mol. The molecule has 0 amide bonds. The van der Waals surface area contributed by atoms with Gasteiger partial charge in [-0.3, -0.25) is 4.79 Å². The van der Waals surface area contributed by atoms with Crippen LogP contribution in [0.3, 0.4) is 0 Å². The van der Waals surface area contributed by atoms with Crippen LogP contribution in [0.15, 0.2) is 11.8 Å². The lowest BCUT2D eigenvalue weighted by Crippen LogP contribution is -2.36. The number of aliphatic hydroxyl groups excluding tert-OH is 1. The summed E-state index contributed by atoms with van der Waals surface area (Å²) in [5, 5.41) is 8.76. The summed E-state index contributed by atoms with van der Waals surface area (Å²) in [6, 6.07) is 0. The van der Waals surface area contributed by atoms with Crippen molar-refractivity contribution in [2.45, 2.75) is 37.6 Å². The molecule has 2 fully saturated rings. The Bertz CT molecular complexity index is 373. The van der Waals surface area contributed by atoms with Crippen molar-refractivity contribution in [3.63, 3.8) is 0 Å². The zero-order valence-corrected chi connectivity index (χ0v) is 10.2. The Labute approximate surface area is 108 Å². The van der Waals surface area contributed by atoms with Gasteiger partial charge in [0.1, 0.15) is 0 Å². The van der Waals surface area contributed by atoms with E-state index in [9.17, 15) is 18.0 Å². The molecule has 1 heterocycles. The third-order valence-corrected chi connectivity index (χ3v) is 3.53. The van der Waals surface area contributed by atoms with Gasteiger partial charge in [0.25, 0.3) is 0 Å². The molecule has 1 spiro atoms. The first-order valence-corrected chi connectivity index (χ1v) is 6.12. The molecule has 1 saturated carbocycles. The highest BCUT2D eigenvalue weighted by atomic mass is 19.4. The number of alkyl halides is 3.